The number of hydrogen-bond acceptors (Lipinski definition) is 5. The first-order valence-corrected chi connectivity index (χ1v) is 13.1. The summed E-state index contributed by atoms with van der Waals surface area (Å²) in [7, 11) is 1.76. The van der Waals surface area contributed by atoms with Crippen molar-refractivity contribution in [2.24, 2.45) is 0 Å². The normalized spacial score (nSPS) is 18.1. The number of hydrogen-bond donors (Lipinski definition) is 3. The first kappa shape index (κ1) is 26.0. The molecule has 3 N–H and O–H groups in total. The van der Waals surface area contributed by atoms with E-state index in [1.165, 1.54) is 0 Å². The predicted octanol–water partition coefficient (Wildman–Crippen LogP) is 5.70. The number of nitrogens with zero attached hydrogens (tertiary/aromatic N) is 1. The van der Waals surface area contributed by atoms with Gasteiger partial charge >= 0.3 is 6.09 Å². The Hall–Kier alpha value is -4.59. The molecule has 0 saturated heterocycles. The van der Waals surface area contributed by atoms with Gasteiger partial charge in [0.2, 0.25) is 5.91 Å². The van der Waals surface area contributed by atoms with Gasteiger partial charge in [-0.25, -0.2) is 4.79 Å². The Labute approximate surface area is 227 Å². The number of aryl methyl sites for hydroxylation is 1. The van der Waals surface area contributed by atoms with E-state index in [1.54, 1.807) is 30.3 Å². The molecule has 1 aromatic heterocycles. The number of ether oxygens (including phenoxy) is 1. The van der Waals surface area contributed by atoms with Gasteiger partial charge in [-0.05, 0) is 71.3 Å². The lowest BCUT2D eigenvalue weighted by Crippen LogP contribution is -2.35. The Morgan fingerprint density at radius 3 is 2.67 bits per heavy atom. The Kier molecular flexibility index (Phi) is 7.36. The number of aromatic amines is 1. The molecule has 4 aromatic rings. The van der Waals surface area contributed by atoms with Crippen LogP contribution in [0.4, 0.5) is 16.2 Å². The first-order chi connectivity index (χ1) is 18.8. The molecule has 2 aliphatic rings. The SMILES string of the molecule is CC[C@H]1COC(=O)Nc2cccc(c2)CN(C)C(=O)[C@H](Nc2ccc3cc[nH]c(=O)c3c2)c2ccc1c(C)c2. The molecule has 3 heterocycles. The molecule has 6 rings (SSSR count). The Morgan fingerprint density at radius 1 is 1.03 bits per heavy atom. The van der Waals surface area contributed by atoms with Crippen molar-refractivity contribution in [2.45, 2.75) is 38.8 Å². The van der Waals surface area contributed by atoms with Crippen molar-refractivity contribution in [1.82, 2.24) is 9.88 Å². The van der Waals surface area contributed by atoms with Crippen LogP contribution >= 0.6 is 0 Å². The van der Waals surface area contributed by atoms with Crippen molar-refractivity contribution < 1.29 is 14.3 Å². The van der Waals surface area contributed by atoms with Gasteiger partial charge in [-0.1, -0.05) is 43.3 Å². The van der Waals surface area contributed by atoms with E-state index in [1.807, 2.05) is 61.5 Å². The lowest BCUT2D eigenvalue weighted by atomic mass is 9.90. The van der Waals surface area contributed by atoms with Crippen LogP contribution in [0.1, 0.15) is 47.6 Å². The van der Waals surface area contributed by atoms with Crippen molar-refractivity contribution >= 4 is 34.1 Å². The van der Waals surface area contributed by atoms with E-state index in [0.29, 0.717) is 23.3 Å². The number of nitrogens with one attached hydrogen (secondary N) is 3. The molecule has 0 spiro atoms. The van der Waals surface area contributed by atoms with Crippen LogP contribution < -0.4 is 16.2 Å². The maximum Gasteiger partial charge on any atom is 0.411 e. The second-order valence-corrected chi connectivity index (χ2v) is 10.0. The van der Waals surface area contributed by atoms with Crippen molar-refractivity contribution in [3.8, 4) is 0 Å². The van der Waals surface area contributed by atoms with Gasteiger partial charge in [0.25, 0.3) is 5.56 Å². The summed E-state index contributed by atoms with van der Waals surface area (Å²) in [5.74, 6) is -0.109. The third-order valence-electron chi connectivity index (χ3n) is 7.28. The standard InChI is InChI=1S/C31H32N4O4/c1-4-21-18-39-31(38)34-24-7-5-6-20(15-24)17-35(3)30(37)28(23-9-11-26(21)19(2)14-23)33-25-10-8-22-12-13-32-29(36)27(22)16-25/h5-16,21,28,33H,4,17-18H2,1-3H3,(H,32,36)(H,34,38)/t21-,28+/m0/s1. The smallest absolute Gasteiger partial charge is 0.411 e. The van der Waals surface area contributed by atoms with Crippen LogP contribution in [0, 0.1) is 6.92 Å². The predicted molar refractivity (Wildman–Crippen MR) is 153 cm³/mol. The molecule has 0 radical (unpaired) electrons. The highest BCUT2D eigenvalue weighted by Gasteiger charge is 2.26. The van der Waals surface area contributed by atoms with E-state index in [9.17, 15) is 14.4 Å². The summed E-state index contributed by atoms with van der Waals surface area (Å²) < 4.78 is 5.58. The van der Waals surface area contributed by atoms with Gasteiger partial charge in [0.15, 0.2) is 0 Å². The number of carbonyl (C=O) groups excluding carboxylic acids is 2. The van der Waals surface area contributed by atoms with Crippen molar-refractivity contribution in [1.29, 1.82) is 0 Å². The van der Waals surface area contributed by atoms with Crippen LogP contribution in [0.3, 0.4) is 0 Å². The monoisotopic (exact) mass is 524 g/mol. The molecular formula is C31H32N4O4. The summed E-state index contributed by atoms with van der Waals surface area (Å²) in [6.07, 6.45) is 1.91. The van der Waals surface area contributed by atoms with E-state index in [2.05, 4.69) is 22.5 Å². The maximum atomic E-state index is 13.9. The number of carbonyl (C=O) groups is 2. The van der Waals surface area contributed by atoms with Crippen LogP contribution in [0.2, 0.25) is 0 Å². The number of likely N-dealkylation sites (N-methyl/N-ethyl adjacent to an activating group) is 1. The number of fused-ring (bicyclic) bond motifs is 10. The molecule has 0 fully saturated rings. The van der Waals surface area contributed by atoms with E-state index in [4.69, 9.17) is 4.74 Å². The van der Waals surface area contributed by atoms with Crippen molar-refractivity contribution in [3.05, 3.63) is 106 Å². The van der Waals surface area contributed by atoms with Crippen molar-refractivity contribution in [3.63, 3.8) is 0 Å². The van der Waals surface area contributed by atoms with Gasteiger partial charge in [0, 0.05) is 42.5 Å². The van der Waals surface area contributed by atoms with E-state index in [0.717, 1.165) is 34.1 Å². The zero-order valence-corrected chi connectivity index (χ0v) is 22.3. The number of rotatable bonds is 3. The molecule has 4 bridgehead atoms. The maximum absolute atomic E-state index is 13.9. The lowest BCUT2D eigenvalue weighted by molar-refractivity contribution is -0.131. The second kappa shape index (κ2) is 11.0. The summed E-state index contributed by atoms with van der Waals surface area (Å²) >= 11 is 0. The lowest BCUT2D eigenvalue weighted by Gasteiger charge is -2.27. The number of benzene rings is 3. The molecule has 8 nitrogen and oxygen atoms in total. The molecule has 2 atom stereocenters. The van der Waals surface area contributed by atoms with Crippen LogP contribution in [0.15, 0.2) is 77.7 Å². The fourth-order valence-electron chi connectivity index (χ4n) is 5.14. The zero-order chi connectivity index (χ0) is 27.5. The topological polar surface area (TPSA) is 104 Å². The highest BCUT2D eigenvalue weighted by Crippen LogP contribution is 2.30. The number of amides is 2. The van der Waals surface area contributed by atoms with Crippen LogP contribution in [-0.4, -0.2) is 35.5 Å². The number of H-pyrrole nitrogens is 1. The molecule has 2 amide bonds. The molecule has 0 aliphatic carbocycles. The van der Waals surface area contributed by atoms with Crippen LogP contribution in [-0.2, 0) is 16.1 Å². The fourth-order valence-corrected chi connectivity index (χ4v) is 5.14. The van der Waals surface area contributed by atoms with Crippen molar-refractivity contribution in [2.75, 3.05) is 24.3 Å². The zero-order valence-electron chi connectivity index (χ0n) is 22.3. The number of anilines is 2. The molecule has 8 heteroatoms. The van der Waals surface area contributed by atoms with E-state index in [-0.39, 0.29) is 24.0 Å². The van der Waals surface area contributed by atoms with Gasteiger partial charge in [0.05, 0.1) is 0 Å². The highest BCUT2D eigenvalue weighted by molar-refractivity contribution is 5.89. The molecule has 2 aliphatic heterocycles. The third-order valence-corrected chi connectivity index (χ3v) is 7.28. The largest absolute Gasteiger partial charge is 0.449 e. The summed E-state index contributed by atoms with van der Waals surface area (Å²) in [5, 5.41) is 7.57. The quantitative estimate of drug-likeness (QED) is 0.319. The summed E-state index contributed by atoms with van der Waals surface area (Å²) in [4.78, 5) is 43.2. The summed E-state index contributed by atoms with van der Waals surface area (Å²) in [5.41, 5.74) is 4.85. The van der Waals surface area contributed by atoms with Gasteiger partial charge in [0.1, 0.15) is 12.6 Å². The molecular weight excluding hydrogens is 492 g/mol. The van der Waals surface area contributed by atoms with Gasteiger partial charge in [-0.3, -0.25) is 14.9 Å². The molecule has 0 saturated carbocycles. The molecule has 200 valence electrons. The molecule has 0 unspecified atom stereocenters. The Morgan fingerprint density at radius 2 is 1.87 bits per heavy atom. The van der Waals surface area contributed by atoms with Gasteiger partial charge < -0.3 is 19.9 Å². The average Bonchev–Trinajstić information content (AvgIpc) is 2.92. The van der Waals surface area contributed by atoms with Crippen LogP contribution in [0.25, 0.3) is 10.8 Å². The van der Waals surface area contributed by atoms with Gasteiger partial charge in [-0.15, -0.1) is 0 Å². The number of pyridine rings is 1. The minimum absolute atomic E-state index is 0.0148. The number of aromatic nitrogens is 1. The fraction of sp³-hybridized carbons (Fsp3) is 0.258. The minimum Gasteiger partial charge on any atom is -0.449 e. The Bertz CT molecular complexity index is 1600. The summed E-state index contributed by atoms with van der Waals surface area (Å²) in [6, 6.07) is 20.1. The van der Waals surface area contributed by atoms with E-state index < -0.39 is 12.1 Å². The molecule has 39 heavy (non-hydrogen) atoms. The molecule has 3 aromatic carbocycles. The highest BCUT2D eigenvalue weighted by atomic mass is 16.5. The Balaban J connectivity index is 1.57. The third kappa shape index (κ3) is 5.65. The van der Waals surface area contributed by atoms with Gasteiger partial charge in [-0.2, -0.15) is 0 Å². The minimum atomic E-state index is -0.685. The van der Waals surface area contributed by atoms with E-state index >= 15 is 0 Å². The second-order valence-electron chi connectivity index (χ2n) is 10.0. The summed E-state index contributed by atoms with van der Waals surface area (Å²) in [6.45, 7) is 4.66. The average molecular weight is 525 g/mol. The first-order valence-electron chi connectivity index (χ1n) is 13.1. The van der Waals surface area contributed by atoms with Crippen LogP contribution in [0.5, 0.6) is 0 Å².